The van der Waals surface area contributed by atoms with Crippen LogP contribution in [0.2, 0.25) is 10.0 Å². The van der Waals surface area contributed by atoms with Crippen molar-refractivity contribution >= 4 is 46.6 Å². The van der Waals surface area contributed by atoms with Crippen LogP contribution in [0.15, 0.2) is 42.5 Å². The molecule has 0 spiro atoms. The smallest absolute Gasteiger partial charge is 0.340 e. The number of ether oxygens (including phenoxy) is 1. The Balaban J connectivity index is 2.14. The minimum Gasteiger partial charge on any atom is -0.462 e. The SMILES string of the molecule is CCOC(=O)c1ccccc1NC(=O)Nc1cc(Cl)ccc1Cl. The van der Waals surface area contributed by atoms with Gasteiger partial charge in [0, 0.05) is 5.02 Å². The first-order valence-electron chi connectivity index (χ1n) is 6.80. The van der Waals surface area contributed by atoms with Crippen molar-refractivity contribution < 1.29 is 14.3 Å². The summed E-state index contributed by atoms with van der Waals surface area (Å²) in [6.45, 7) is 1.96. The molecule has 0 aliphatic rings. The molecule has 2 aromatic carbocycles. The fraction of sp³-hybridized carbons (Fsp3) is 0.125. The molecular weight excluding hydrogens is 339 g/mol. The summed E-state index contributed by atoms with van der Waals surface area (Å²) in [5.41, 5.74) is 0.966. The summed E-state index contributed by atoms with van der Waals surface area (Å²) in [5, 5.41) is 5.96. The van der Waals surface area contributed by atoms with E-state index >= 15 is 0 Å². The molecule has 0 radical (unpaired) electrons. The van der Waals surface area contributed by atoms with Crippen molar-refractivity contribution in [2.24, 2.45) is 0 Å². The number of benzene rings is 2. The quantitative estimate of drug-likeness (QED) is 0.775. The number of urea groups is 1. The first-order valence-corrected chi connectivity index (χ1v) is 7.56. The van der Waals surface area contributed by atoms with Crippen molar-refractivity contribution in [1.29, 1.82) is 0 Å². The highest BCUT2D eigenvalue weighted by molar-refractivity contribution is 6.35. The van der Waals surface area contributed by atoms with E-state index in [2.05, 4.69) is 10.6 Å². The highest BCUT2D eigenvalue weighted by Gasteiger charge is 2.14. The van der Waals surface area contributed by atoms with Crippen molar-refractivity contribution in [3.63, 3.8) is 0 Å². The van der Waals surface area contributed by atoms with Gasteiger partial charge in [-0.25, -0.2) is 9.59 Å². The maximum Gasteiger partial charge on any atom is 0.340 e. The van der Waals surface area contributed by atoms with Gasteiger partial charge in [0.15, 0.2) is 0 Å². The largest absolute Gasteiger partial charge is 0.462 e. The van der Waals surface area contributed by atoms with E-state index in [0.717, 1.165) is 0 Å². The molecular formula is C16H14Cl2N2O3. The number of carbonyl (C=O) groups is 2. The molecule has 7 heteroatoms. The highest BCUT2D eigenvalue weighted by Crippen LogP contribution is 2.25. The lowest BCUT2D eigenvalue weighted by Crippen LogP contribution is -2.21. The van der Waals surface area contributed by atoms with Gasteiger partial charge >= 0.3 is 12.0 Å². The van der Waals surface area contributed by atoms with E-state index in [4.69, 9.17) is 27.9 Å². The maximum absolute atomic E-state index is 12.1. The number of hydrogen-bond donors (Lipinski definition) is 2. The Labute approximate surface area is 143 Å². The average molecular weight is 353 g/mol. The van der Waals surface area contributed by atoms with Crippen LogP contribution >= 0.6 is 23.2 Å². The second-order valence-corrected chi connectivity index (χ2v) is 5.31. The summed E-state index contributed by atoms with van der Waals surface area (Å²) in [5.74, 6) is -0.510. The number of nitrogens with one attached hydrogen (secondary N) is 2. The third-order valence-corrected chi connectivity index (χ3v) is 3.41. The molecule has 0 fully saturated rings. The molecule has 120 valence electrons. The number of carbonyl (C=O) groups excluding carboxylic acids is 2. The van der Waals surface area contributed by atoms with Crippen molar-refractivity contribution in [2.45, 2.75) is 6.92 Å². The third kappa shape index (κ3) is 4.61. The van der Waals surface area contributed by atoms with Gasteiger partial charge in [-0.05, 0) is 37.3 Å². The third-order valence-electron chi connectivity index (χ3n) is 2.85. The van der Waals surface area contributed by atoms with Crippen LogP contribution in [-0.4, -0.2) is 18.6 Å². The number of esters is 1. The fourth-order valence-electron chi connectivity index (χ4n) is 1.85. The van der Waals surface area contributed by atoms with Crippen LogP contribution in [0.3, 0.4) is 0 Å². The van der Waals surface area contributed by atoms with Gasteiger partial charge < -0.3 is 15.4 Å². The van der Waals surface area contributed by atoms with Crippen molar-refractivity contribution in [2.75, 3.05) is 17.2 Å². The van der Waals surface area contributed by atoms with Gasteiger partial charge in [-0.3, -0.25) is 0 Å². The summed E-state index contributed by atoms with van der Waals surface area (Å²) >= 11 is 11.9. The van der Waals surface area contributed by atoms with Gasteiger partial charge in [-0.2, -0.15) is 0 Å². The predicted molar refractivity (Wildman–Crippen MR) is 91.5 cm³/mol. The number of para-hydroxylation sites is 1. The highest BCUT2D eigenvalue weighted by atomic mass is 35.5. The van der Waals surface area contributed by atoms with E-state index in [1.165, 1.54) is 6.07 Å². The second kappa shape index (κ2) is 7.85. The zero-order valence-corrected chi connectivity index (χ0v) is 13.7. The standard InChI is InChI=1S/C16H14Cl2N2O3/c1-2-23-15(21)11-5-3-4-6-13(11)19-16(22)20-14-9-10(17)7-8-12(14)18/h3-9H,2H2,1H3,(H2,19,20,22). The van der Waals surface area contributed by atoms with Gasteiger partial charge in [0.05, 0.1) is 28.6 Å². The zero-order valence-electron chi connectivity index (χ0n) is 12.2. The number of anilines is 2. The van der Waals surface area contributed by atoms with Crippen LogP contribution in [0.5, 0.6) is 0 Å². The number of rotatable bonds is 4. The Morgan fingerprint density at radius 1 is 1.04 bits per heavy atom. The maximum atomic E-state index is 12.1. The topological polar surface area (TPSA) is 67.4 Å². The van der Waals surface area contributed by atoms with Crippen LogP contribution < -0.4 is 10.6 Å². The zero-order chi connectivity index (χ0) is 16.8. The van der Waals surface area contributed by atoms with Crippen LogP contribution in [0, 0.1) is 0 Å². The van der Waals surface area contributed by atoms with E-state index in [0.29, 0.717) is 21.4 Å². The van der Waals surface area contributed by atoms with Crippen LogP contribution in [0.25, 0.3) is 0 Å². The average Bonchev–Trinajstić information content (AvgIpc) is 2.51. The molecule has 0 saturated heterocycles. The van der Waals surface area contributed by atoms with Crippen LogP contribution in [-0.2, 0) is 4.74 Å². The van der Waals surface area contributed by atoms with Crippen molar-refractivity contribution in [3.05, 3.63) is 58.1 Å². The molecule has 2 amide bonds. The number of hydrogen-bond acceptors (Lipinski definition) is 3. The van der Waals surface area contributed by atoms with E-state index in [1.807, 2.05) is 0 Å². The minimum atomic E-state index is -0.550. The Morgan fingerprint density at radius 2 is 1.74 bits per heavy atom. The molecule has 0 aromatic heterocycles. The molecule has 0 unspecified atom stereocenters. The van der Waals surface area contributed by atoms with Crippen molar-refractivity contribution in [1.82, 2.24) is 0 Å². The summed E-state index contributed by atoms with van der Waals surface area (Å²) < 4.78 is 4.95. The lowest BCUT2D eigenvalue weighted by Gasteiger charge is -2.12. The Kier molecular flexibility index (Phi) is 5.84. The Morgan fingerprint density at radius 3 is 2.48 bits per heavy atom. The molecule has 0 saturated carbocycles. The van der Waals surface area contributed by atoms with Gasteiger partial charge in [0.2, 0.25) is 0 Å². The molecule has 0 bridgehead atoms. The normalized spacial score (nSPS) is 10.0. The van der Waals surface area contributed by atoms with Crippen molar-refractivity contribution in [3.8, 4) is 0 Å². The second-order valence-electron chi connectivity index (χ2n) is 4.47. The molecule has 23 heavy (non-hydrogen) atoms. The Hall–Kier alpha value is -2.24. The van der Waals surface area contributed by atoms with E-state index in [1.54, 1.807) is 43.3 Å². The molecule has 0 atom stereocenters. The summed E-state index contributed by atoms with van der Waals surface area (Å²) in [4.78, 5) is 24.0. The van der Waals surface area contributed by atoms with E-state index in [-0.39, 0.29) is 12.2 Å². The fourth-order valence-corrected chi connectivity index (χ4v) is 2.19. The first-order chi connectivity index (χ1) is 11.0. The lowest BCUT2D eigenvalue weighted by atomic mass is 10.2. The monoisotopic (exact) mass is 352 g/mol. The number of amides is 2. The number of halogens is 2. The Bertz CT molecular complexity index is 735. The molecule has 2 aromatic rings. The summed E-state index contributed by atoms with van der Waals surface area (Å²) in [7, 11) is 0. The van der Waals surface area contributed by atoms with E-state index < -0.39 is 12.0 Å². The van der Waals surface area contributed by atoms with Gasteiger partial charge in [0.1, 0.15) is 0 Å². The lowest BCUT2D eigenvalue weighted by molar-refractivity contribution is 0.0527. The molecule has 5 nitrogen and oxygen atoms in total. The van der Waals surface area contributed by atoms with Gasteiger partial charge in [-0.15, -0.1) is 0 Å². The van der Waals surface area contributed by atoms with Gasteiger partial charge in [0.25, 0.3) is 0 Å². The minimum absolute atomic E-state index is 0.248. The van der Waals surface area contributed by atoms with Gasteiger partial charge in [-0.1, -0.05) is 35.3 Å². The van der Waals surface area contributed by atoms with Crippen LogP contribution in [0.4, 0.5) is 16.2 Å². The molecule has 0 aliphatic carbocycles. The summed E-state index contributed by atoms with van der Waals surface area (Å²) in [6.07, 6.45) is 0. The molecule has 2 rings (SSSR count). The molecule has 0 aliphatic heterocycles. The van der Waals surface area contributed by atoms with Crippen LogP contribution in [0.1, 0.15) is 17.3 Å². The molecule has 2 N–H and O–H groups in total. The predicted octanol–water partition coefficient (Wildman–Crippen LogP) is 4.81. The molecule has 0 heterocycles. The first kappa shape index (κ1) is 17.1. The summed E-state index contributed by atoms with van der Waals surface area (Å²) in [6, 6.07) is 10.7. The van der Waals surface area contributed by atoms with E-state index in [9.17, 15) is 9.59 Å².